The third kappa shape index (κ3) is 2.65. The maximum Gasteiger partial charge on any atom is 0.237 e. The zero-order valence-corrected chi connectivity index (χ0v) is 9.46. The number of thiol groups is 1. The minimum absolute atomic E-state index is 0.519. The Hall–Kier alpha value is -0.380. The number of rotatable bonds is 2. The van der Waals surface area contributed by atoms with E-state index in [9.17, 15) is 20.1 Å². The summed E-state index contributed by atoms with van der Waals surface area (Å²) in [5.41, 5.74) is 0. The molecule has 5 atom stereocenters. The van der Waals surface area contributed by atoms with E-state index < -0.39 is 42.0 Å². The molecule has 1 fully saturated rings. The van der Waals surface area contributed by atoms with Gasteiger partial charge in [-0.15, -0.1) is 12.6 Å². The first-order valence-corrected chi connectivity index (χ1v) is 5.11. The Balaban J connectivity index is 2.87. The van der Waals surface area contributed by atoms with Crippen LogP contribution in [0.5, 0.6) is 0 Å². The van der Waals surface area contributed by atoms with Gasteiger partial charge in [-0.3, -0.25) is 4.79 Å². The Labute approximate surface area is 97.4 Å². The van der Waals surface area contributed by atoms with Crippen molar-refractivity contribution in [1.82, 2.24) is 5.32 Å². The van der Waals surface area contributed by atoms with Gasteiger partial charge < -0.3 is 30.5 Å². The summed E-state index contributed by atoms with van der Waals surface area (Å²) in [6, 6.07) is -1.29. The van der Waals surface area contributed by atoms with Crippen LogP contribution in [0.25, 0.3) is 0 Å². The lowest BCUT2D eigenvalue weighted by Crippen LogP contribution is -2.68. The average Bonchev–Trinajstić information content (AvgIpc) is 2.18. The largest absolute Gasteiger partial charge is 0.394 e. The van der Waals surface area contributed by atoms with E-state index in [0.29, 0.717) is 0 Å². The van der Waals surface area contributed by atoms with E-state index >= 15 is 0 Å². The van der Waals surface area contributed by atoms with Crippen LogP contribution in [0, 0.1) is 0 Å². The van der Waals surface area contributed by atoms with Crippen molar-refractivity contribution in [3.8, 4) is 0 Å². The summed E-state index contributed by atoms with van der Waals surface area (Å²) < 4.78 is 4.86. The Morgan fingerprint density at radius 1 is 1.50 bits per heavy atom. The van der Waals surface area contributed by atoms with E-state index in [1.807, 2.05) is 0 Å². The van der Waals surface area contributed by atoms with E-state index in [2.05, 4.69) is 17.9 Å². The molecule has 7 nitrogen and oxygen atoms in total. The lowest BCUT2D eigenvalue weighted by Gasteiger charge is -2.45. The minimum atomic E-state index is -2.16. The maximum absolute atomic E-state index is 10.8. The van der Waals surface area contributed by atoms with Crippen molar-refractivity contribution >= 4 is 18.5 Å². The minimum Gasteiger partial charge on any atom is -0.394 e. The Kier molecular flexibility index (Phi) is 4.16. The molecule has 1 amide bonds. The SMILES string of the molecule is CC(=O)N[C@@H]1[C@@H](O)[C@@H](O)[C@@H](CO)OC1(O)S. The maximum atomic E-state index is 10.8. The Morgan fingerprint density at radius 2 is 2.06 bits per heavy atom. The second-order valence-electron chi connectivity index (χ2n) is 3.66. The number of aliphatic hydroxyl groups excluding tert-OH is 3. The molecule has 1 unspecified atom stereocenters. The first-order valence-electron chi connectivity index (χ1n) is 4.66. The first kappa shape index (κ1) is 13.7. The van der Waals surface area contributed by atoms with Crippen LogP contribution in [0.2, 0.25) is 0 Å². The molecule has 0 bridgehead atoms. The van der Waals surface area contributed by atoms with Crippen molar-refractivity contribution in [1.29, 1.82) is 0 Å². The first-order chi connectivity index (χ1) is 7.29. The van der Waals surface area contributed by atoms with E-state index in [4.69, 9.17) is 9.84 Å². The number of carbonyl (C=O) groups is 1. The molecule has 8 heteroatoms. The summed E-state index contributed by atoms with van der Waals surface area (Å²) in [7, 11) is 0. The van der Waals surface area contributed by atoms with E-state index in [1.165, 1.54) is 6.92 Å². The van der Waals surface area contributed by atoms with Crippen molar-refractivity contribution < 1.29 is 30.0 Å². The molecular formula is C8H15NO6S. The lowest BCUT2D eigenvalue weighted by atomic mass is 9.97. The van der Waals surface area contributed by atoms with E-state index in [1.54, 1.807) is 0 Å². The van der Waals surface area contributed by atoms with Crippen molar-refractivity contribution in [2.45, 2.75) is 36.4 Å². The number of hydrogen-bond donors (Lipinski definition) is 6. The fourth-order valence-corrected chi connectivity index (χ4v) is 1.90. The van der Waals surface area contributed by atoms with Gasteiger partial charge in [-0.1, -0.05) is 0 Å². The highest BCUT2D eigenvalue weighted by Crippen LogP contribution is 2.30. The predicted octanol–water partition coefficient (Wildman–Crippen LogP) is -2.82. The summed E-state index contributed by atoms with van der Waals surface area (Å²) in [6.45, 7) is 0.592. The van der Waals surface area contributed by atoms with Gasteiger partial charge in [-0.05, 0) is 0 Å². The number of nitrogens with one attached hydrogen (secondary N) is 1. The van der Waals surface area contributed by atoms with Crippen LogP contribution >= 0.6 is 12.6 Å². The molecule has 0 aromatic heterocycles. The van der Waals surface area contributed by atoms with Crippen LogP contribution in [0.3, 0.4) is 0 Å². The summed E-state index contributed by atoms with van der Waals surface area (Å²) in [4.78, 5) is 10.8. The molecule has 1 heterocycles. The van der Waals surface area contributed by atoms with Crippen molar-refractivity contribution in [2.24, 2.45) is 0 Å². The molecule has 1 aliphatic rings. The number of amides is 1. The van der Waals surface area contributed by atoms with Crippen molar-refractivity contribution in [2.75, 3.05) is 6.61 Å². The van der Waals surface area contributed by atoms with Crippen LogP contribution in [0.4, 0.5) is 0 Å². The van der Waals surface area contributed by atoms with Crippen molar-refractivity contribution in [3.05, 3.63) is 0 Å². The standard InChI is InChI=1S/C8H15NO6S/c1-3(11)9-7-6(13)5(12)4(2-10)15-8(7,14)16/h4-7,10,12-14,16H,2H2,1H3,(H,9,11)/t4-,5+,6+,7-,8?/m1/s1. The normalized spacial score (nSPS) is 44.1. The highest BCUT2D eigenvalue weighted by atomic mass is 32.1. The average molecular weight is 253 g/mol. The molecule has 94 valence electrons. The molecule has 0 aromatic rings. The molecule has 16 heavy (non-hydrogen) atoms. The van der Waals surface area contributed by atoms with Crippen LogP contribution in [-0.4, -0.2) is 62.4 Å². The monoisotopic (exact) mass is 253 g/mol. The van der Waals surface area contributed by atoms with Crippen molar-refractivity contribution in [3.63, 3.8) is 0 Å². The van der Waals surface area contributed by atoms with Gasteiger partial charge in [0.25, 0.3) is 0 Å². The summed E-state index contributed by atoms with van der Waals surface area (Å²) in [5, 5.41) is 37.8. The van der Waals surface area contributed by atoms with Gasteiger partial charge in [-0.2, -0.15) is 0 Å². The molecular weight excluding hydrogens is 238 g/mol. The quantitative estimate of drug-likeness (QED) is 0.233. The fraction of sp³-hybridized carbons (Fsp3) is 0.875. The molecule has 1 rings (SSSR count). The van der Waals surface area contributed by atoms with Gasteiger partial charge in [0.2, 0.25) is 11.0 Å². The van der Waals surface area contributed by atoms with Crippen LogP contribution in [0.1, 0.15) is 6.92 Å². The van der Waals surface area contributed by atoms with Gasteiger partial charge in [0.1, 0.15) is 24.4 Å². The van der Waals surface area contributed by atoms with Gasteiger partial charge in [-0.25, -0.2) is 0 Å². The van der Waals surface area contributed by atoms with Gasteiger partial charge in [0, 0.05) is 6.92 Å². The smallest absolute Gasteiger partial charge is 0.237 e. The highest BCUT2D eigenvalue weighted by molar-refractivity contribution is 7.81. The number of carbonyl (C=O) groups excluding carboxylic acids is 1. The van der Waals surface area contributed by atoms with E-state index in [-0.39, 0.29) is 0 Å². The number of hydrogen-bond acceptors (Lipinski definition) is 7. The van der Waals surface area contributed by atoms with Crippen LogP contribution < -0.4 is 5.32 Å². The molecule has 1 aliphatic heterocycles. The summed E-state index contributed by atoms with van der Waals surface area (Å²) in [5.74, 6) is -0.519. The van der Waals surface area contributed by atoms with Crippen LogP contribution in [-0.2, 0) is 9.53 Å². The third-order valence-electron chi connectivity index (χ3n) is 2.34. The van der Waals surface area contributed by atoms with Gasteiger partial charge in [0.05, 0.1) is 6.61 Å². The number of ether oxygens (including phenoxy) is 1. The number of aliphatic hydroxyl groups is 4. The molecule has 5 N–H and O–H groups in total. The zero-order chi connectivity index (χ0) is 12.5. The summed E-state index contributed by atoms with van der Waals surface area (Å²) in [6.07, 6.45) is -4.07. The Bertz CT molecular complexity index is 273. The van der Waals surface area contributed by atoms with Crippen LogP contribution in [0.15, 0.2) is 0 Å². The predicted molar refractivity (Wildman–Crippen MR) is 55.5 cm³/mol. The van der Waals surface area contributed by atoms with E-state index in [0.717, 1.165) is 0 Å². The zero-order valence-electron chi connectivity index (χ0n) is 8.57. The molecule has 0 radical (unpaired) electrons. The lowest BCUT2D eigenvalue weighted by molar-refractivity contribution is -0.271. The molecule has 0 spiro atoms. The second-order valence-corrected chi connectivity index (χ2v) is 4.30. The molecule has 0 aliphatic carbocycles. The molecule has 1 saturated heterocycles. The van der Waals surface area contributed by atoms with Gasteiger partial charge >= 0.3 is 0 Å². The van der Waals surface area contributed by atoms with Gasteiger partial charge in [0.15, 0.2) is 0 Å². The molecule has 0 aromatic carbocycles. The fourth-order valence-electron chi connectivity index (χ4n) is 1.55. The molecule has 0 saturated carbocycles. The summed E-state index contributed by atoms with van der Waals surface area (Å²) >= 11 is 3.74. The third-order valence-corrected chi connectivity index (χ3v) is 2.72. The second kappa shape index (κ2) is 4.86. The highest BCUT2D eigenvalue weighted by Gasteiger charge is 2.51. The Morgan fingerprint density at radius 3 is 2.50 bits per heavy atom. The topological polar surface area (TPSA) is 119 Å².